The van der Waals surface area contributed by atoms with Crippen LogP contribution < -0.4 is 9.62 Å². The predicted molar refractivity (Wildman–Crippen MR) is 142 cm³/mol. The maximum atomic E-state index is 13.7. The highest BCUT2D eigenvalue weighted by atomic mass is 35.5. The van der Waals surface area contributed by atoms with E-state index in [1.54, 1.807) is 36.4 Å². The van der Waals surface area contributed by atoms with Crippen LogP contribution in [0.4, 0.5) is 5.69 Å². The van der Waals surface area contributed by atoms with Gasteiger partial charge in [0.05, 0.1) is 11.9 Å². The van der Waals surface area contributed by atoms with Crippen molar-refractivity contribution < 1.29 is 18.0 Å². The molecule has 7 nitrogen and oxygen atoms in total. The molecule has 0 saturated carbocycles. The Morgan fingerprint density at radius 3 is 2.14 bits per heavy atom. The third-order valence-electron chi connectivity index (χ3n) is 5.66. The van der Waals surface area contributed by atoms with Crippen molar-refractivity contribution >= 4 is 39.1 Å². The summed E-state index contributed by atoms with van der Waals surface area (Å²) in [6.45, 7) is 7.89. The van der Waals surface area contributed by atoms with Crippen LogP contribution in [0.2, 0.25) is 5.02 Å². The van der Waals surface area contributed by atoms with Crippen molar-refractivity contribution in [3.8, 4) is 0 Å². The average molecular weight is 522 g/mol. The SMILES string of the molecule is CCCCNC(=O)[C@H](CC)N(Cc1ccc(Cl)cc1)C(=O)CN(c1cc(C)cc(C)c1)S(C)(=O)=O. The van der Waals surface area contributed by atoms with Gasteiger partial charge in [0.15, 0.2) is 0 Å². The molecule has 0 aliphatic carbocycles. The third-order valence-corrected chi connectivity index (χ3v) is 7.05. The number of unbranched alkanes of at least 4 members (excludes halogenated alkanes) is 1. The van der Waals surface area contributed by atoms with Crippen molar-refractivity contribution in [1.82, 2.24) is 10.2 Å². The standard InChI is InChI=1S/C26H36ClN3O4S/c1-6-8-13-28-26(32)24(7-2)29(17-21-9-11-22(27)12-10-21)25(31)18-30(35(5,33)34)23-15-19(3)14-20(4)16-23/h9-12,14-16,24H,6-8,13,17-18H2,1-5H3,(H,28,32)/t24-/m0/s1. The van der Waals surface area contributed by atoms with Crippen LogP contribution >= 0.6 is 11.6 Å². The van der Waals surface area contributed by atoms with E-state index in [9.17, 15) is 18.0 Å². The van der Waals surface area contributed by atoms with Crippen LogP contribution in [0.5, 0.6) is 0 Å². The number of carbonyl (C=O) groups excluding carboxylic acids is 2. The molecule has 0 heterocycles. The lowest BCUT2D eigenvalue weighted by Gasteiger charge is -2.33. The number of nitrogens with one attached hydrogen (secondary N) is 1. The molecule has 35 heavy (non-hydrogen) atoms. The summed E-state index contributed by atoms with van der Waals surface area (Å²) in [6.07, 6.45) is 3.24. The second kappa shape index (κ2) is 12.9. The second-order valence-electron chi connectivity index (χ2n) is 8.83. The first kappa shape index (κ1) is 28.7. The van der Waals surface area contributed by atoms with Gasteiger partial charge in [-0.3, -0.25) is 13.9 Å². The average Bonchev–Trinajstić information content (AvgIpc) is 2.77. The van der Waals surface area contributed by atoms with Crippen molar-refractivity contribution in [2.45, 2.75) is 59.5 Å². The molecule has 2 aromatic carbocycles. The highest BCUT2D eigenvalue weighted by Crippen LogP contribution is 2.23. The minimum atomic E-state index is -3.76. The van der Waals surface area contributed by atoms with Gasteiger partial charge in [-0.05, 0) is 67.6 Å². The molecular formula is C26H36ClN3O4S. The fourth-order valence-electron chi connectivity index (χ4n) is 3.92. The number of sulfonamides is 1. The molecule has 0 unspecified atom stereocenters. The predicted octanol–water partition coefficient (Wildman–Crippen LogP) is 4.45. The summed E-state index contributed by atoms with van der Waals surface area (Å²) in [5, 5.41) is 3.47. The van der Waals surface area contributed by atoms with E-state index in [1.165, 1.54) is 4.90 Å². The fraction of sp³-hybridized carbons (Fsp3) is 0.462. The van der Waals surface area contributed by atoms with E-state index in [0.717, 1.165) is 40.1 Å². The third kappa shape index (κ3) is 8.54. The number of anilines is 1. The van der Waals surface area contributed by atoms with Crippen LogP contribution in [0.1, 0.15) is 49.8 Å². The van der Waals surface area contributed by atoms with Gasteiger partial charge in [0, 0.05) is 18.1 Å². The van der Waals surface area contributed by atoms with E-state index in [0.29, 0.717) is 23.7 Å². The Bertz CT molecular complexity index is 1100. The molecule has 0 spiro atoms. The minimum absolute atomic E-state index is 0.153. The maximum absolute atomic E-state index is 13.7. The van der Waals surface area contributed by atoms with Gasteiger partial charge >= 0.3 is 0 Å². The van der Waals surface area contributed by atoms with Crippen molar-refractivity contribution in [3.63, 3.8) is 0 Å². The first-order valence-corrected chi connectivity index (χ1v) is 14.1. The minimum Gasteiger partial charge on any atom is -0.354 e. The molecule has 9 heteroatoms. The molecular weight excluding hydrogens is 486 g/mol. The summed E-state index contributed by atoms with van der Waals surface area (Å²) in [5.74, 6) is -0.706. The quantitative estimate of drug-likeness (QED) is 0.418. The molecule has 0 radical (unpaired) electrons. The first-order chi connectivity index (χ1) is 16.5. The number of aryl methyl sites for hydroxylation is 2. The lowest BCUT2D eigenvalue weighted by molar-refractivity contribution is -0.140. The van der Waals surface area contributed by atoms with Gasteiger partial charge in [0.1, 0.15) is 12.6 Å². The molecule has 1 N–H and O–H groups in total. The summed E-state index contributed by atoms with van der Waals surface area (Å²) in [4.78, 5) is 28.2. The van der Waals surface area contributed by atoms with E-state index in [2.05, 4.69) is 5.32 Å². The van der Waals surface area contributed by atoms with Crippen LogP contribution in [0.15, 0.2) is 42.5 Å². The molecule has 0 aromatic heterocycles. The van der Waals surface area contributed by atoms with Crippen molar-refractivity contribution in [1.29, 1.82) is 0 Å². The number of hydrogen-bond acceptors (Lipinski definition) is 4. The van der Waals surface area contributed by atoms with E-state index in [-0.39, 0.29) is 12.5 Å². The van der Waals surface area contributed by atoms with Crippen molar-refractivity contribution in [2.24, 2.45) is 0 Å². The summed E-state index contributed by atoms with van der Waals surface area (Å²) in [7, 11) is -3.76. The van der Waals surface area contributed by atoms with E-state index < -0.39 is 28.5 Å². The Morgan fingerprint density at radius 2 is 1.63 bits per heavy atom. The zero-order valence-electron chi connectivity index (χ0n) is 21.2. The molecule has 2 rings (SSSR count). The number of halogens is 1. The molecule has 0 aliphatic heterocycles. The number of carbonyl (C=O) groups is 2. The summed E-state index contributed by atoms with van der Waals surface area (Å²) >= 11 is 6.02. The van der Waals surface area contributed by atoms with Crippen LogP contribution in [0.25, 0.3) is 0 Å². The van der Waals surface area contributed by atoms with Crippen LogP contribution in [-0.4, -0.2) is 50.5 Å². The second-order valence-corrected chi connectivity index (χ2v) is 11.2. The Kier molecular flexibility index (Phi) is 10.6. The van der Waals surface area contributed by atoms with Crippen LogP contribution in [0, 0.1) is 13.8 Å². The largest absolute Gasteiger partial charge is 0.354 e. The molecule has 0 aliphatic rings. The molecule has 1 atom stereocenters. The highest BCUT2D eigenvalue weighted by molar-refractivity contribution is 7.92. The molecule has 2 amide bonds. The lowest BCUT2D eigenvalue weighted by atomic mass is 10.1. The molecule has 0 saturated heterocycles. The maximum Gasteiger partial charge on any atom is 0.244 e. The summed E-state index contributed by atoms with van der Waals surface area (Å²) in [5.41, 5.74) is 2.99. The van der Waals surface area contributed by atoms with Crippen molar-refractivity contribution in [2.75, 3.05) is 23.7 Å². The Labute approximate surface area is 214 Å². The monoisotopic (exact) mass is 521 g/mol. The van der Waals surface area contributed by atoms with Gasteiger partial charge in [0.25, 0.3) is 0 Å². The Hall–Kier alpha value is -2.58. The zero-order chi connectivity index (χ0) is 26.2. The summed E-state index contributed by atoms with van der Waals surface area (Å²) < 4.78 is 26.5. The smallest absolute Gasteiger partial charge is 0.244 e. The number of rotatable bonds is 12. The van der Waals surface area contributed by atoms with Crippen LogP contribution in [0.3, 0.4) is 0 Å². The van der Waals surface area contributed by atoms with Gasteiger partial charge in [0.2, 0.25) is 21.8 Å². The molecule has 0 bridgehead atoms. The molecule has 192 valence electrons. The van der Waals surface area contributed by atoms with Gasteiger partial charge in [-0.15, -0.1) is 0 Å². The normalized spacial score (nSPS) is 12.2. The first-order valence-electron chi connectivity index (χ1n) is 11.8. The lowest BCUT2D eigenvalue weighted by Crippen LogP contribution is -2.52. The van der Waals surface area contributed by atoms with Crippen molar-refractivity contribution in [3.05, 3.63) is 64.2 Å². The van der Waals surface area contributed by atoms with E-state index in [1.807, 2.05) is 33.8 Å². The molecule has 0 fully saturated rings. The number of benzene rings is 2. The fourth-order valence-corrected chi connectivity index (χ4v) is 4.88. The van der Waals surface area contributed by atoms with Gasteiger partial charge < -0.3 is 10.2 Å². The number of hydrogen-bond donors (Lipinski definition) is 1. The molecule has 2 aromatic rings. The Balaban J connectivity index is 2.42. The number of amides is 2. The summed E-state index contributed by atoms with van der Waals surface area (Å²) in [6, 6.07) is 11.7. The van der Waals surface area contributed by atoms with Gasteiger partial charge in [-0.1, -0.05) is 50.1 Å². The van der Waals surface area contributed by atoms with Crippen LogP contribution in [-0.2, 0) is 26.2 Å². The van der Waals surface area contributed by atoms with E-state index >= 15 is 0 Å². The zero-order valence-corrected chi connectivity index (χ0v) is 22.7. The topological polar surface area (TPSA) is 86.8 Å². The van der Waals surface area contributed by atoms with Gasteiger partial charge in [-0.2, -0.15) is 0 Å². The Morgan fingerprint density at radius 1 is 1.03 bits per heavy atom. The highest BCUT2D eigenvalue weighted by Gasteiger charge is 2.31. The van der Waals surface area contributed by atoms with E-state index in [4.69, 9.17) is 11.6 Å². The number of nitrogens with zero attached hydrogens (tertiary/aromatic N) is 2. The van der Waals surface area contributed by atoms with Gasteiger partial charge in [-0.25, -0.2) is 8.42 Å².